The molecule has 0 aliphatic carbocycles. The van der Waals surface area contributed by atoms with Gasteiger partial charge in [0, 0.05) is 16.9 Å². The summed E-state index contributed by atoms with van der Waals surface area (Å²) in [6.45, 7) is 2.17. The number of halogens is 1. The number of hydrazine groups is 1. The second-order valence-electron chi connectivity index (χ2n) is 2.75. The van der Waals surface area contributed by atoms with Crippen molar-refractivity contribution in [2.45, 2.75) is 32.6 Å². The van der Waals surface area contributed by atoms with Gasteiger partial charge in [-0.2, -0.15) is 0 Å². The predicted molar refractivity (Wildman–Crippen MR) is 55.5 cm³/mol. The zero-order chi connectivity index (χ0) is 9.68. The van der Waals surface area contributed by atoms with Crippen molar-refractivity contribution < 1.29 is 0 Å². The Morgan fingerprint density at radius 3 is 3.00 bits per heavy atom. The Bertz CT molecular complexity index is 229. The molecule has 0 atom stereocenters. The quantitative estimate of drug-likeness (QED) is 0.343. The zero-order valence-electron chi connectivity index (χ0n) is 7.53. The molecule has 13 heavy (non-hydrogen) atoms. The largest absolute Gasteiger partial charge is 0.219 e. The third kappa shape index (κ3) is 3.54. The molecule has 4 nitrogen and oxygen atoms in total. The van der Waals surface area contributed by atoms with E-state index >= 15 is 0 Å². The van der Waals surface area contributed by atoms with E-state index in [1.807, 2.05) is 0 Å². The molecule has 6 heteroatoms. The lowest BCUT2D eigenvalue weighted by atomic mass is 10.2. The summed E-state index contributed by atoms with van der Waals surface area (Å²) >= 11 is 7.19. The number of hydrogen-bond acceptors (Lipinski definition) is 5. The Kier molecular flexibility index (Phi) is 4.55. The molecule has 0 fully saturated rings. The van der Waals surface area contributed by atoms with Crippen molar-refractivity contribution in [3.63, 3.8) is 0 Å². The van der Waals surface area contributed by atoms with E-state index in [9.17, 15) is 0 Å². The molecule has 0 unspecified atom stereocenters. The summed E-state index contributed by atoms with van der Waals surface area (Å²) in [5.74, 6) is 5.43. The van der Waals surface area contributed by atoms with E-state index in [1.165, 1.54) is 29.3 Å². The first kappa shape index (κ1) is 10.8. The minimum Gasteiger partial charge on any atom is -0.219 e. The summed E-state index contributed by atoms with van der Waals surface area (Å²) in [7, 11) is 0. The fourth-order valence-corrected chi connectivity index (χ4v) is 1.87. The molecule has 0 saturated heterocycles. The summed E-state index contributed by atoms with van der Waals surface area (Å²) in [6, 6.07) is 0. The summed E-state index contributed by atoms with van der Waals surface area (Å²) in [5, 5.41) is 7.79. The number of unbranched alkanes of at least 4 members (excludes halogenated alkanes) is 2. The van der Waals surface area contributed by atoms with E-state index in [-0.39, 0.29) is 0 Å². The molecule has 1 aliphatic rings. The van der Waals surface area contributed by atoms with Crippen LogP contribution in [0.5, 0.6) is 0 Å². The molecule has 0 amide bonds. The predicted octanol–water partition coefficient (Wildman–Crippen LogP) is 3.18. The van der Waals surface area contributed by atoms with Crippen LogP contribution in [0.2, 0.25) is 0 Å². The van der Waals surface area contributed by atoms with Crippen LogP contribution in [0.15, 0.2) is 20.4 Å². The maximum absolute atomic E-state index is 5.84. The number of nitrogens with two attached hydrogens (primary N) is 1. The maximum atomic E-state index is 5.84. The summed E-state index contributed by atoms with van der Waals surface area (Å²) in [4.78, 5) is 1.01. The van der Waals surface area contributed by atoms with Gasteiger partial charge in [-0.15, -0.1) is 9.64 Å². The van der Waals surface area contributed by atoms with Crippen LogP contribution in [-0.4, -0.2) is 4.52 Å². The van der Waals surface area contributed by atoms with Crippen LogP contribution in [0.25, 0.3) is 0 Å². The molecule has 1 aliphatic heterocycles. The van der Waals surface area contributed by atoms with Crippen LogP contribution in [0.1, 0.15) is 32.6 Å². The molecular weight excluding hydrogens is 208 g/mol. The molecule has 0 bridgehead atoms. The Morgan fingerprint density at radius 1 is 1.54 bits per heavy atom. The van der Waals surface area contributed by atoms with Crippen molar-refractivity contribution in [3.8, 4) is 0 Å². The highest BCUT2D eigenvalue weighted by atomic mass is 35.5. The van der Waals surface area contributed by atoms with Gasteiger partial charge in [0.1, 0.15) is 0 Å². The summed E-state index contributed by atoms with van der Waals surface area (Å²) < 4.78 is 1.23. The second kappa shape index (κ2) is 5.47. The first-order chi connectivity index (χ1) is 6.24. The highest BCUT2D eigenvalue weighted by Gasteiger charge is 2.13. The van der Waals surface area contributed by atoms with Crippen molar-refractivity contribution in [1.82, 2.24) is 4.52 Å². The third-order valence-corrected chi connectivity index (χ3v) is 2.96. The minimum atomic E-state index is 0.475. The molecule has 1 heterocycles. The Hall–Kier alpha value is -0.260. The van der Waals surface area contributed by atoms with Gasteiger partial charge < -0.3 is 0 Å². The van der Waals surface area contributed by atoms with Gasteiger partial charge in [0.15, 0.2) is 5.16 Å². The first-order valence-electron chi connectivity index (χ1n) is 4.27. The van der Waals surface area contributed by atoms with Crippen LogP contribution < -0.4 is 5.84 Å². The van der Waals surface area contributed by atoms with Crippen LogP contribution >= 0.6 is 23.5 Å². The Morgan fingerprint density at radius 2 is 2.31 bits per heavy atom. The molecule has 0 spiro atoms. The van der Waals surface area contributed by atoms with E-state index in [4.69, 9.17) is 17.4 Å². The minimum absolute atomic E-state index is 0.475. The van der Waals surface area contributed by atoms with E-state index in [1.54, 1.807) is 0 Å². The number of nitrogens with zero attached hydrogens (tertiary/aromatic N) is 3. The lowest BCUT2D eigenvalue weighted by Gasteiger charge is -2.15. The number of hydrogen-bond donors (Lipinski definition) is 1. The molecule has 0 saturated carbocycles. The van der Waals surface area contributed by atoms with Crippen molar-refractivity contribution in [3.05, 3.63) is 10.1 Å². The third-order valence-electron chi connectivity index (χ3n) is 1.66. The normalized spacial score (nSPS) is 17.0. The van der Waals surface area contributed by atoms with Crippen molar-refractivity contribution in [1.29, 1.82) is 0 Å². The summed E-state index contributed by atoms with van der Waals surface area (Å²) in [5.41, 5.74) is 0. The van der Waals surface area contributed by atoms with Gasteiger partial charge >= 0.3 is 0 Å². The fourth-order valence-electron chi connectivity index (χ4n) is 0.992. The maximum Gasteiger partial charge on any atom is 0.164 e. The average Bonchev–Trinajstić information content (AvgIpc) is 2.11. The van der Waals surface area contributed by atoms with Gasteiger partial charge in [-0.1, -0.05) is 31.4 Å². The zero-order valence-corrected chi connectivity index (χ0v) is 9.11. The second-order valence-corrected chi connectivity index (χ2v) is 4.16. The molecule has 74 valence electrons. The molecular formula is C7H13ClN4S. The fraction of sp³-hybridized carbons (Fsp3) is 0.714. The van der Waals surface area contributed by atoms with E-state index in [0.717, 1.165) is 17.7 Å². The van der Waals surface area contributed by atoms with Crippen molar-refractivity contribution in [2.75, 3.05) is 0 Å². The molecule has 2 N–H and O–H groups in total. The van der Waals surface area contributed by atoms with E-state index < -0.39 is 0 Å². The summed E-state index contributed by atoms with van der Waals surface area (Å²) in [6.07, 6.45) is 4.46. The topological polar surface area (TPSA) is 54.0 Å². The molecule has 0 aromatic rings. The van der Waals surface area contributed by atoms with Gasteiger partial charge in [-0.3, -0.25) is 0 Å². The van der Waals surface area contributed by atoms with Gasteiger partial charge in [-0.05, 0) is 18.1 Å². The molecule has 0 aromatic heterocycles. The molecule has 0 aromatic carbocycles. The van der Waals surface area contributed by atoms with Gasteiger partial charge in [0.05, 0.1) is 0 Å². The SMILES string of the molecule is CCCCCC1=C(Cl)N=NN(N)S1. The van der Waals surface area contributed by atoms with Crippen LogP contribution in [-0.2, 0) is 0 Å². The lowest BCUT2D eigenvalue weighted by Crippen LogP contribution is -2.18. The van der Waals surface area contributed by atoms with Crippen LogP contribution in [0.3, 0.4) is 0 Å². The smallest absolute Gasteiger partial charge is 0.164 e. The van der Waals surface area contributed by atoms with E-state index in [0.29, 0.717) is 5.16 Å². The average molecular weight is 221 g/mol. The highest BCUT2D eigenvalue weighted by Crippen LogP contribution is 2.33. The Labute approximate surface area is 87.3 Å². The molecule has 1 rings (SSSR count). The van der Waals surface area contributed by atoms with Gasteiger partial charge in [-0.25, -0.2) is 5.84 Å². The highest BCUT2D eigenvalue weighted by molar-refractivity contribution is 8.00. The first-order valence-corrected chi connectivity index (χ1v) is 5.42. The lowest BCUT2D eigenvalue weighted by molar-refractivity contribution is 0.493. The Balaban J connectivity index is 2.42. The van der Waals surface area contributed by atoms with Gasteiger partial charge in [0.2, 0.25) is 0 Å². The van der Waals surface area contributed by atoms with Crippen molar-refractivity contribution in [2.24, 2.45) is 16.2 Å². The standard InChI is InChI=1S/C7H13ClN4S/c1-2-3-4-5-6-7(8)10-11-12(9)13-6/h2-5,9H2,1H3. The van der Waals surface area contributed by atoms with Crippen molar-refractivity contribution >= 4 is 23.5 Å². The monoisotopic (exact) mass is 220 g/mol. The van der Waals surface area contributed by atoms with E-state index in [2.05, 4.69) is 17.3 Å². The van der Waals surface area contributed by atoms with Crippen LogP contribution in [0.4, 0.5) is 0 Å². The number of rotatable bonds is 4. The van der Waals surface area contributed by atoms with Crippen LogP contribution in [0, 0.1) is 0 Å². The molecule has 0 radical (unpaired) electrons. The number of allylic oxidation sites excluding steroid dienone is 1. The van der Waals surface area contributed by atoms with Gasteiger partial charge in [0.25, 0.3) is 0 Å².